The second-order valence-corrected chi connectivity index (χ2v) is 21.4. The average molecular weight is 1130 g/mol. The van der Waals surface area contributed by atoms with Gasteiger partial charge in [0, 0.05) is 49.5 Å². The zero-order valence-corrected chi connectivity index (χ0v) is 47.6. The number of hydrogen-bond acceptors (Lipinski definition) is 21. The molecule has 2 aromatic carbocycles. The Morgan fingerprint density at radius 1 is 0.850 bits per heavy atom. The number of imidazole rings is 1. The number of amides is 3. The zero-order chi connectivity index (χ0) is 59.1. The van der Waals surface area contributed by atoms with E-state index >= 15 is 0 Å². The molecule has 4 heterocycles. The maximum absolute atomic E-state index is 12.9. The Morgan fingerprint density at radius 2 is 1.55 bits per heavy atom. The zero-order valence-electron chi connectivity index (χ0n) is 46.9. The third kappa shape index (κ3) is 18.8. The van der Waals surface area contributed by atoms with Crippen LogP contribution in [0.15, 0.2) is 55.0 Å². The normalized spacial score (nSPS) is 12.3. The molecule has 2 atom stereocenters. The molecule has 6 rings (SSSR count). The summed E-state index contributed by atoms with van der Waals surface area (Å²) in [4.78, 5) is 94.1. The first-order chi connectivity index (χ1) is 37.6. The molecule has 0 unspecified atom stereocenters. The van der Waals surface area contributed by atoms with Crippen LogP contribution in [0.3, 0.4) is 0 Å². The molecule has 0 bridgehead atoms. The van der Waals surface area contributed by atoms with Crippen LogP contribution in [-0.2, 0) is 30.3 Å². The molecule has 432 valence electrons. The molecule has 0 aliphatic heterocycles. The Labute approximate surface area is 468 Å². The van der Waals surface area contributed by atoms with E-state index in [4.69, 9.17) is 42.4 Å². The first-order valence-electron chi connectivity index (χ1n) is 25.8. The van der Waals surface area contributed by atoms with E-state index in [1.807, 2.05) is 44.2 Å². The summed E-state index contributed by atoms with van der Waals surface area (Å²) in [6.45, 7) is 20.2. The van der Waals surface area contributed by atoms with Crippen molar-refractivity contribution in [2.75, 3.05) is 66.5 Å². The summed E-state index contributed by atoms with van der Waals surface area (Å²) in [6, 6.07) is 10.4. The Bertz CT molecular complexity index is 3110. The van der Waals surface area contributed by atoms with Crippen LogP contribution in [0.1, 0.15) is 115 Å². The lowest BCUT2D eigenvalue weighted by Gasteiger charge is -2.24. The Hall–Kier alpha value is -8.07. The maximum atomic E-state index is 12.9. The molecule has 0 aliphatic rings. The van der Waals surface area contributed by atoms with Crippen molar-refractivity contribution in [1.29, 1.82) is 0 Å². The first-order valence-corrected chi connectivity index (χ1v) is 26.1. The number of anilines is 6. The molecule has 0 saturated heterocycles. The fraction of sp³-hybridized carbons (Fsp3) is 0.472. The number of aliphatic hydroxyl groups is 1. The molecule has 3 amide bonds. The largest absolute Gasteiger partial charge is 0.481 e. The van der Waals surface area contributed by atoms with Gasteiger partial charge in [0.1, 0.15) is 17.2 Å². The second kappa shape index (κ2) is 28.2. The Morgan fingerprint density at radius 3 is 2.16 bits per heavy atom. The standard InChI is InChI=1S/C29H38N8O7.C24H35ClN8O3/c1-28(2,3)43-25(41)19(12-13-20(38)39)33-24(40)16-8-10-18(11-9-16)37(7)15-17-14-31-22-21(32-17)23(35-26(30)34-22)36-27(42)44-29(4,5)6;1-14(2)19(12-34)30-24-31-21(20-22(32-24)33(13-28-20)15(3)4)29-16-5-6-17(18(25)11-16)23(35)27-8-10-36-9-7-26/h8-11,14,19H,12-13,15H2,1-7H3,(H,33,40)(H,38,39)(H3,30,31,34,35,36,42);5-6,11,13-15,19,34H,7-10,12,26H2,1-4H3,(H,27,35)(H2,29,30,31,32)/t2*19-/m00/s1. The van der Waals surface area contributed by atoms with Crippen LogP contribution in [0.25, 0.3) is 22.3 Å². The number of esters is 1. The lowest BCUT2D eigenvalue weighted by Crippen LogP contribution is -2.44. The van der Waals surface area contributed by atoms with E-state index in [-0.39, 0.29) is 76.9 Å². The van der Waals surface area contributed by atoms with Crippen LogP contribution in [-0.4, -0.2) is 143 Å². The number of nitrogens with one attached hydrogen (secondary N) is 5. The molecule has 27 heteroatoms. The van der Waals surface area contributed by atoms with Gasteiger partial charge in [0.25, 0.3) is 11.8 Å². The summed E-state index contributed by atoms with van der Waals surface area (Å²) in [5, 5.41) is 33.5. The highest BCUT2D eigenvalue weighted by atomic mass is 35.5. The van der Waals surface area contributed by atoms with Gasteiger partial charge < -0.3 is 66.6 Å². The number of nitrogens with zero attached hydrogens (tertiary/aromatic N) is 9. The lowest BCUT2D eigenvalue weighted by molar-refractivity contribution is -0.157. The van der Waals surface area contributed by atoms with E-state index in [0.717, 1.165) is 5.69 Å². The number of rotatable bonds is 23. The van der Waals surface area contributed by atoms with Gasteiger partial charge in [0.15, 0.2) is 34.0 Å². The van der Waals surface area contributed by atoms with Gasteiger partial charge in [-0.2, -0.15) is 19.9 Å². The number of nitrogens with two attached hydrogens (primary N) is 2. The number of carboxylic acid groups (broad SMARTS) is 1. The summed E-state index contributed by atoms with van der Waals surface area (Å²) in [6.07, 6.45) is 2.09. The van der Waals surface area contributed by atoms with Gasteiger partial charge in [-0.15, -0.1) is 0 Å². The summed E-state index contributed by atoms with van der Waals surface area (Å²) < 4.78 is 17.9. The highest BCUT2D eigenvalue weighted by molar-refractivity contribution is 6.34. The lowest BCUT2D eigenvalue weighted by atomic mass is 10.1. The fourth-order valence-electron chi connectivity index (χ4n) is 7.32. The highest BCUT2D eigenvalue weighted by Gasteiger charge is 2.28. The second-order valence-electron chi connectivity index (χ2n) is 21.0. The van der Waals surface area contributed by atoms with Gasteiger partial charge in [-0.3, -0.25) is 19.7 Å². The molecule has 0 fully saturated rings. The van der Waals surface area contributed by atoms with Crippen molar-refractivity contribution in [1.82, 2.24) is 50.1 Å². The first kappa shape index (κ1) is 62.8. The number of hydrogen-bond donors (Lipinski definition) is 9. The predicted molar refractivity (Wildman–Crippen MR) is 304 cm³/mol. The number of nitrogen functional groups attached to an aromatic ring is 1. The molecule has 80 heavy (non-hydrogen) atoms. The van der Waals surface area contributed by atoms with Crippen molar-refractivity contribution in [3.8, 4) is 0 Å². The van der Waals surface area contributed by atoms with Crippen LogP contribution >= 0.6 is 11.6 Å². The van der Waals surface area contributed by atoms with Crippen molar-refractivity contribution in [3.05, 3.63) is 76.8 Å². The maximum Gasteiger partial charge on any atom is 0.413 e. The summed E-state index contributed by atoms with van der Waals surface area (Å²) in [7, 11) is 1.81. The van der Waals surface area contributed by atoms with Crippen LogP contribution in [0, 0.1) is 5.92 Å². The number of carbonyl (C=O) groups excluding carboxylic acids is 4. The van der Waals surface area contributed by atoms with E-state index in [0.29, 0.717) is 72.7 Å². The number of aliphatic hydroxyl groups excluding tert-OH is 1. The number of ether oxygens (including phenoxy) is 3. The van der Waals surface area contributed by atoms with E-state index in [1.54, 1.807) is 90.3 Å². The van der Waals surface area contributed by atoms with Crippen LogP contribution < -0.4 is 43.0 Å². The van der Waals surface area contributed by atoms with Crippen molar-refractivity contribution in [3.63, 3.8) is 0 Å². The van der Waals surface area contributed by atoms with Crippen LogP contribution in [0.4, 0.5) is 39.7 Å². The SMILES string of the molecule is CC(C)[C@H](CO)Nc1nc(Nc2ccc(C(=O)NCCOCCN)c(Cl)c2)c2ncn(C(C)C)c2n1.CN(Cc1cnc2nc(N)nc(NC(=O)OC(C)(C)C)c2n1)c1ccc(C(=O)N[C@@H](CCC(=O)O)C(=O)OC(C)(C)C)cc1. The van der Waals surface area contributed by atoms with Gasteiger partial charge in [-0.05, 0) is 110 Å². The van der Waals surface area contributed by atoms with E-state index in [1.165, 1.54) is 6.20 Å². The minimum atomic E-state index is -1.12. The van der Waals surface area contributed by atoms with Gasteiger partial charge in [0.05, 0.1) is 61.2 Å². The third-order valence-electron chi connectivity index (χ3n) is 11.3. The number of fused-ring (bicyclic) bond motifs is 2. The number of aliphatic carboxylic acids is 1. The summed E-state index contributed by atoms with van der Waals surface area (Å²) in [5.74, 6) is -1.66. The average Bonchev–Trinajstić information content (AvgIpc) is 3.82. The molecule has 4 aromatic heterocycles. The molecule has 0 spiro atoms. The Kier molecular flexibility index (Phi) is 22.1. The summed E-state index contributed by atoms with van der Waals surface area (Å²) >= 11 is 6.43. The molecule has 0 saturated carbocycles. The quantitative estimate of drug-likeness (QED) is 0.0253. The molecule has 6 aromatic rings. The monoisotopic (exact) mass is 1130 g/mol. The number of carboxylic acids is 1. The van der Waals surface area contributed by atoms with Crippen molar-refractivity contribution >= 4 is 98.7 Å². The van der Waals surface area contributed by atoms with E-state index < -0.39 is 41.2 Å². The van der Waals surface area contributed by atoms with Crippen molar-refractivity contribution < 1.29 is 48.4 Å². The van der Waals surface area contributed by atoms with Gasteiger partial charge >= 0.3 is 18.0 Å². The molecule has 26 nitrogen and oxygen atoms in total. The third-order valence-corrected chi connectivity index (χ3v) is 11.6. The molecular formula is C53H73ClN16O10. The van der Waals surface area contributed by atoms with Crippen LogP contribution in [0.5, 0.6) is 0 Å². The van der Waals surface area contributed by atoms with Gasteiger partial charge in [0.2, 0.25) is 11.9 Å². The molecule has 0 radical (unpaired) electrons. The Balaban J connectivity index is 0.000000300. The topological polar surface area (TPSA) is 364 Å². The summed E-state index contributed by atoms with van der Waals surface area (Å²) in [5.41, 5.74) is 13.8. The van der Waals surface area contributed by atoms with E-state index in [2.05, 4.69) is 61.5 Å². The van der Waals surface area contributed by atoms with Crippen molar-refractivity contribution in [2.45, 2.75) is 118 Å². The molecular weight excluding hydrogens is 1060 g/mol. The minimum Gasteiger partial charge on any atom is -0.481 e. The number of carbonyl (C=O) groups is 5. The molecule has 0 aliphatic carbocycles. The fourth-order valence-corrected chi connectivity index (χ4v) is 7.59. The number of halogens is 1. The predicted octanol–water partition coefficient (Wildman–Crippen LogP) is 6.23. The van der Waals surface area contributed by atoms with E-state index in [9.17, 15) is 29.1 Å². The number of aromatic nitrogens is 8. The highest BCUT2D eigenvalue weighted by Crippen LogP contribution is 2.29. The van der Waals surface area contributed by atoms with Gasteiger partial charge in [-0.25, -0.2) is 24.5 Å². The van der Waals surface area contributed by atoms with Crippen molar-refractivity contribution in [2.24, 2.45) is 11.7 Å². The van der Waals surface area contributed by atoms with Crippen LogP contribution in [0.2, 0.25) is 5.02 Å². The minimum absolute atomic E-state index is 0.0520. The molecule has 11 N–H and O–H groups in total. The van der Waals surface area contributed by atoms with Gasteiger partial charge in [-0.1, -0.05) is 25.4 Å². The smallest absolute Gasteiger partial charge is 0.413 e. The number of benzene rings is 2.